The molecule has 11 heteroatoms. The van der Waals surface area contributed by atoms with Crippen LogP contribution in [0.3, 0.4) is 0 Å². The molecule has 2 aromatic rings. The highest BCUT2D eigenvalue weighted by Gasteiger charge is 2.25. The van der Waals surface area contributed by atoms with Gasteiger partial charge in [0, 0.05) is 7.05 Å². The Bertz CT molecular complexity index is 707. The van der Waals surface area contributed by atoms with E-state index in [4.69, 9.17) is 0 Å². The highest BCUT2D eigenvalue weighted by molar-refractivity contribution is 9.10. The Kier molecular flexibility index (Phi) is 3.49. The molecular weight excluding hydrogens is 338 g/mol. The standard InChI is InChI=1S/C8H10BrN7O2S/c1-4-5(2)11-13-8(10-4)14-19(17,18)7-6(9)12-15-16(7)3/h1-3H3,(H,10,13,14). The van der Waals surface area contributed by atoms with E-state index < -0.39 is 10.0 Å². The second-order valence-corrected chi connectivity index (χ2v) is 6.07. The first-order valence-corrected chi connectivity index (χ1v) is 7.35. The number of aromatic nitrogens is 6. The van der Waals surface area contributed by atoms with Crippen molar-refractivity contribution in [2.45, 2.75) is 18.9 Å². The number of hydrogen-bond donors (Lipinski definition) is 1. The molecule has 0 atom stereocenters. The molecule has 0 aliphatic carbocycles. The zero-order chi connectivity index (χ0) is 14.2. The fraction of sp³-hybridized carbons (Fsp3) is 0.375. The number of sulfonamides is 1. The molecule has 2 aromatic heterocycles. The lowest BCUT2D eigenvalue weighted by molar-refractivity contribution is 0.578. The normalized spacial score (nSPS) is 11.6. The lowest BCUT2D eigenvalue weighted by atomic mass is 10.4. The van der Waals surface area contributed by atoms with E-state index in [9.17, 15) is 8.42 Å². The first-order valence-electron chi connectivity index (χ1n) is 5.07. The average Bonchev–Trinajstić information content (AvgIpc) is 2.64. The van der Waals surface area contributed by atoms with Crippen molar-refractivity contribution in [1.82, 2.24) is 30.2 Å². The van der Waals surface area contributed by atoms with E-state index in [1.54, 1.807) is 13.8 Å². The molecule has 0 saturated carbocycles. The molecule has 2 rings (SSSR count). The summed E-state index contributed by atoms with van der Waals surface area (Å²) in [6.45, 7) is 3.44. The van der Waals surface area contributed by atoms with Crippen LogP contribution in [0.5, 0.6) is 0 Å². The molecule has 0 amide bonds. The smallest absolute Gasteiger partial charge is 0.245 e. The molecule has 0 unspecified atom stereocenters. The van der Waals surface area contributed by atoms with Crippen LogP contribution >= 0.6 is 15.9 Å². The molecule has 19 heavy (non-hydrogen) atoms. The van der Waals surface area contributed by atoms with Crippen LogP contribution in [-0.4, -0.2) is 38.6 Å². The molecule has 0 aromatic carbocycles. The summed E-state index contributed by atoms with van der Waals surface area (Å²) in [7, 11) is -2.42. The van der Waals surface area contributed by atoms with Gasteiger partial charge in [-0.2, -0.15) is 13.5 Å². The topological polar surface area (TPSA) is 116 Å². The summed E-state index contributed by atoms with van der Waals surface area (Å²) in [6.07, 6.45) is 0. The van der Waals surface area contributed by atoms with E-state index in [2.05, 4.69) is 46.1 Å². The van der Waals surface area contributed by atoms with Crippen LogP contribution in [-0.2, 0) is 17.1 Å². The lowest BCUT2D eigenvalue weighted by Gasteiger charge is -2.06. The Morgan fingerprint density at radius 2 is 1.84 bits per heavy atom. The van der Waals surface area contributed by atoms with Crippen molar-refractivity contribution in [1.29, 1.82) is 0 Å². The van der Waals surface area contributed by atoms with Crippen molar-refractivity contribution in [2.24, 2.45) is 7.05 Å². The van der Waals surface area contributed by atoms with Crippen LogP contribution < -0.4 is 4.72 Å². The SMILES string of the molecule is Cc1nnc(NS(=O)(=O)c2c(Br)nnn2C)nc1C. The zero-order valence-electron chi connectivity index (χ0n) is 10.3. The number of nitrogens with zero attached hydrogens (tertiary/aromatic N) is 6. The van der Waals surface area contributed by atoms with Crippen LogP contribution in [0.25, 0.3) is 0 Å². The highest BCUT2D eigenvalue weighted by atomic mass is 79.9. The summed E-state index contributed by atoms with van der Waals surface area (Å²) in [4.78, 5) is 4.00. The highest BCUT2D eigenvalue weighted by Crippen LogP contribution is 2.19. The largest absolute Gasteiger partial charge is 0.284 e. The minimum absolute atomic E-state index is 0.101. The molecule has 0 aliphatic heterocycles. The van der Waals surface area contributed by atoms with E-state index in [0.717, 1.165) is 4.68 Å². The molecule has 0 fully saturated rings. The van der Waals surface area contributed by atoms with Gasteiger partial charge in [0.05, 0.1) is 11.4 Å². The number of anilines is 1. The Labute approximate surface area is 117 Å². The number of nitrogens with one attached hydrogen (secondary N) is 1. The maximum atomic E-state index is 12.2. The van der Waals surface area contributed by atoms with Gasteiger partial charge >= 0.3 is 0 Å². The van der Waals surface area contributed by atoms with Crippen LogP contribution in [0.4, 0.5) is 5.95 Å². The van der Waals surface area contributed by atoms with Gasteiger partial charge < -0.3 is 0 Å². The molecule has 2 heterocycles. The van der Waals surface area contributed by atoms with Crippen molar-refractivity contribution in [3.05, 3.63) is 16.0 Å². The van der Waals surface area contributed by atoms with E-state index in [0.29, 0.717) is 11.4 Å². The van der Waals surface area contributed by atoms with Crippen LogP contribution in [0.1, 0.15) is 11.4 Å². The van der Waals surface area contributed by atoms with E-state index in [1.807, 2.05) is 0 Å². The summed E-state index contributed by atoms with van der Waals surface area (Å²) in [6, 6.07) is 0. The fourth-order valence-corrected chi connectivity index (χ4v) is 3.31. The van der Waals surface area contributed by atoms with Gasteiger partial charge in [0.15, 0.2) is 4.60 Å². The quantitative estimate of drug-likeness (QED) is 0.841. The minimum atomic E-state index is -3.88. The number of rotatable bonds is 3. The third kappa shape index (κ3) is 2.71. The summed E-state index contributed by atoms with van der Waals surface area (Å²) in [5.41, 5.74) is 1.22. The molecule has 0 bridgehead atoms. The van der Waals surface area contributed by atoms with Crippen molar-refractivity contribution in [3.63, 3.8) is 0 Å². The van der Waals surface area contributed by atoms with Gasteiger partial charge in [0.2, 0.25) is 5.03 Å². The predicted octanol–water partition coefficient (Wildman–Crippen LogP) is 0.180. The molecule has 9 nitrogen and oxygen atoms in total. The van der Waals surface area contributed by atoms with Crippen molar-refractivity contribution in [3.8, 4) is 0 Å². The number of aryl methyl sites for hydroxylation is 3. The first-order chi connectivity index (χ1) is 8.81. The molecule has 0 spiro atoms. The molecule has 1 N–H and O–H groups in total. The fourth-order valence-electron chi connectivity index (χ4n) is 1.28. The van der Waals surface area contributed by atoms with Crippen molar-refractivity contribution < 1.29 is 8.42 Å². The zero-order valence-corrected chi connectivity index (χ0v) is 12.7. The Balaban J connectivity index is 2.39. The third-order valence-electron chi connectivity index (χ3n) is 2.31. The Morgan fingerprint density at radius 3 is 2.37 bits per heavy atom. The number of halogens is 1. The number of hydrogen-bond acceptors (Lipinski definition) is 7. The van der Waals surface area contributed by atoms with Crippen LogP contribution in [0.2, 0.25) is 0 Å². The first kappa shape index (κ1) is 13.8. The summed E-state index contributed by atoms with van der Waals surface area (Å²) in [5, 5.41) is 14.6. The average molecular weight is 348 g/mol. The third-order valence-corrected chi connectivity index (χ3v) is 4.52. The van der Waals surface area contributed by atoms with E-state index in [-0.39, 0.29) is 15.6 Å². The summed E-state index contributed by atoms with van der Waals surface area (Å²) in [5.74, 6) is -0.101. The molecule has 0 aliphatic rings. The van der Waals surface area contributed by atoms with Crippen molar-refractivity contribution in [2.75, 3.05) is 4.72 Å². The second kappa shape index (κ2) is 4.81. The monoisotopic (exact) mass is 347 g/mol. The second-order valence-electron chi connectivity index (χ2n) is 3.72. The van der Waals surface area contributed by atoms with Gasteiger partial charge in [-0.1, -0.05) is 5.21 Å². The van der Waals surface area contributed by atoms with E-state index in [1.165, 1.54) is 7.05 Å². The molecule has 0 saturated heterocycles. The van der Waals surface area contributed by atoms with Gasteiger partial charge in [-0.25, -0.2) is 14.4 Å². The molecule has 0 radical (unpaired) electrons. The van der Waals surface area contributed by atoms with Gasteiger partial charge in [0.1, 0.15) is 0 Å². The minimum Gasteiger partial charge on any atom is -0.245 e. The lowest BCUT2D eigenvalue weighted by Crippen LogP contribution is -2.19. The van der Waals surface area contributed by atoms with Gasteiger partial charge in [-0.15, -0.1) is 10.2 Å². The molecular formula is C8H10BrN7O2S. The Morgan fingerprint density at radius 1 is 1.16 bits per heavy atom. The Hall–Kier alpha value is -1.62. The summed E-state index contributed by atoms with van der Waals surface area (Å²) < 4.78 is 27.8. The van der Waals surface area contributed by atoms with Gasteiger partial charge in [-0.3, -0.25) is 0 Å². The maximum Gasteiger partial charge on any atom is 0.284 e. The van der Waals surface area contributed by atoms with E-state index >= 15 is 0 Å². The molecule has 102 valence electrons. The maximum absolute atomic E-state index is 12.2. The van der Waals surface area contributed by atoms with Crippen LogP contribution in [0, 0.1) is 13.8 Å². The van der Waals surface area contributed by atoms with Gasteiger partial charge in [-0.05, 0) is 29.8 Å². The van der Waals surface area contributed by atoms with Crippen molar-refractivity contribution >= 4 is 31.9 Å². The van der Waals surface area contributed by atoms with Gasteiger partial charge in [0.25, 0.3) is 16.0 Å². The predicted molar refractivity (Wildman–Crippen MR) is 68.8 cm³/mol. The van der Waals surface area contributed by atoms with Crippen LogP contribution in [0.15, 0.2) is 9.63 Å². The summed E-state index contributed by atoms with van der Waals surface area (Å²) >= 11 is 3.02.